The molecule has 3 nitrogen and oxygen atoms in total. The van der Waals surface area contributed by atoms with Gasteiger partial charge < -0.3 is 10.6 Å². The second-order valence-corrected chi connectivity index (χ2v) is 7.14. The summed E-state index contributed by atoms with van der Waals surface area (Å²) >= 11 is 1.75. The first-order valence-electron chi connectivity index (χ1n) is 7.07. The Balaban J connectivity index is 2.81. The van der Waals surface area contributed by atoms with Gasteiger partial charge in [0, 0.05) is 23.5 Å². The maximum atomic E-state index is 12.3. The second-order valence-electron chi connectivity index (χ2n) is 5.62. The Kier molecular flexibility index (Phi) is 6.40. The van der Waals surface area contributed by atoms with Crippen LogP contribution in [0.1, 0.15) is 43.1 Å². The van der Waals surface area contributed by atoms with Crippen molar-refractivity contribution in [3.63, 3.8) is 0 Å². The molecule has 0 unspecified atom stereocenters. The summed E-state index contributed by atoms with van der Waals surface area (Å²) in [6.45, 7) is 9.94. The van der Waals surface area contributed by atoms with Crippen LogP contribution >= 0.6 is 11.8 Å². The van der Waals surface area contributed by atoms with Gasteiger partial charge in [-0.1, -0.05) is 13.0 Å². The molecule has 1 aromatic carbocycles. The van der Waals surface area contributed by atoms with E-state index in [4.69, 9.17) is 0 Å². The number of hydrogen-bond acceptors (Lipinski definition) is 3. The molecule has 1 aromatic rings. The zero-order valence-corrected chi connectivity index (χ0v) is 14.0. The number of benzene rings is 1. The maximum Gasteiger partial charge on any atom is 0.253 e. The summed E-state index contributed by atoms with van der Waals surface area (Å²) in [6.07, 6.45) is 3.10. The van der Waals surface area contributed by atoms with Crippen molar-refractivity contribution in [3.8, 4) is 0 Å². The molecule has 0 bridgehead atoms. The molecule has 1 rings (SSSR count). The van der Waals surface area contributed by atoms with E-state index in [-0.39, 0.29) is 10.7 Å². The van der Waals surface area contributed by atoms with Crippen molar-refractivity contribution in [2.75, 3.05) is 24.7 Å². The Labute approximate surface area is 126 Å². The molecular formula is C16H26N2OS. The van der Waals surface area contributed by atoms with Gasteiger partial charge in [-0.15, -0.1) is 0 Å². The zero-order chi connectivity index (χ0) is 15.2. The molecule has 0 aromatic heterocycles. The van der Waals surface area contributed by atoms with Crippen LogP contribution in [-0.4, -0.2) is 30.0 Å². The van der Waals surface area contributed by atoms with E-state index in [1.54, 1.807) is 11.8 Å². The number of carbonyl (C=O) groups excluding carboxylic acids is 1. The largest absolute Gasteiger partial charge is 0.384 e. The van der Waals surface area contributed by atoms with Gasteiger partial charge in [-0.05, 0) is 51.1 Å². The van der Waals surface area contributed by atoms with Crippen molar-refractivity contribution in [3.05, 3.63) is 29.3 Å². The normalized spacial score (nSPS) is 11.2. The van der Waals surface area contributed by atoms with Gasteiger partial charge in [-0.25, -0.2) is 0 Å². The Morgan fingerprint density at radius 2 is 2.05 bits per heavy atom. The minimum atomic E-state index is -0.00859. The van der Waals surface area contributed by atoms with Crippen LogP contribution in [0.2, 0.25) is 0 Å². The zero-order valence-electron chi connectivity index (χ0n) is 13.2. The van der Waals surface area contributed by atoms with Crippen LogP contribution in [0.4, 0.5) is 5.69 Å². The molecule has 1 amide bonds. The molecule has 112 valence electrons. The highest BCUT2D eigenvalue weighted by Crippen LogP contribution is 2.21. The summed E-state index contributed by atoms with van der Waals surface area (Å²) < 4.78 is 0.0529. The molecule has 0 saturated carbocycles. The van der Waals surface area contributed by atoms with E-state index < -0.39 is 0 Å². The van der Waals surface area contributed by atoms with Crippen molar-refractivity contribution in [1.82, 2.24) is 5.32 Å². The molecule has 0 fully saturated rings. The van der Waals surface area contributed by atoms with Crippen LogP contribution in [0, 0.1) is 6.92 Å². The number of hydrogen-bond donors (Lipinski definition) is 2. The van der Waals surface area contributed by atoms with Crippen molar-refractivity contribution in [2.24, 2.45) is 0 Å². The van der Waals surface area contributed by atoms with Gasteiger partial charge in [0.2, 0.25) is 0 Å². The predicted molar refractivity (Wildman–Crippen MR) is 89.9 cm³/mol. The number of carbonyl (C=O) groups is 1. The lowest BCUT2D eigenvalue weighted by atomic mass is 10.1. The van der Waals surface area contributed by atoms with Crippen molar-refractivity contribution >= 4 is 23.4 Å². The summed E-state index contributed by atoms with van der Waals surface area (Å²) in [5, 5.41) is 6.36. The van der Waals surface area contributed by atoms with E-state index in [1.165, 1.54) is 0 Å². The number of aryl methyl sites for hydroxylation is 1. The quantitative estimate of drug-likeness (QED) is 0.806. The van der Waals surface area contributed by atoms with Gasteiger partial charge in [0.15, 0.2) is 0 Å². The summed E-state index contributed by atoms with van der Waals surface area (Å²) in [6, 6.07) is 5.91. The highest BCUT2D eigenvalue weighted by molar-refractivity contribution is 7.99. The number of nitrogens with one attached hydrogen (secondary N) is 2. The highest BCUT2D eigenvalue weighted by atomic mass is 32.2. The molecule has 0 radical (unpaired) electrons. The summed E-state index contributed by atoms with van der Waals surface area (Å²) in [5.41, 5.74) is 2.80. The van der Waals surface area contributed by atoms with Crippen LogP contribution in [0.25, 0.3) is 0 Å². The van der Waals surface area contributed by atoms with E-state index in [2.05, 4.69) is 37.7 Å². The highest BCUT2D eigenvalue weighted by Gasteiger charge is 2.18. The third-order valence-corrected chi connectivity index (χ3v) is 4.46. The van der Waals surface area contributed by atoms with Gasteiger partial charge in [0.05, 0.1) is 5.56 Å². The van der Waals surface area contributed by atoms with Crippen LogP contribution < -0.4 is 10.6 Å². The number of anilines is 1. The fraction of sp³-hybridized carbons (Fsp3) is 0.562. The molecule has 20 heavy (non-hydrogen) atoms. The summed E-state index contributed by atoms with van der Waals surface area (Å²) in [5.74, 6) is -0.00859. The second kappa shape index (κ2) is 7.58. The molecule has 0 heterocycles. The molecule has 0 aliphatic rings. The van der Waals surface area contributed by atoms with E-state index in [9.17, 15) is 4.79 Å². The first-order chi connectivity index (χ1) is 9.39. The van der Waals surface area contributed by atoms with Crippen LogP contribution in [0.5, 0.6) is 0 Å². The van der Waals surface area contributed by atoms with Gasteiger partial charge in [0.25, 0.3) is 5.91 Å². The van der Waals surface area contributed by atoms with E-state index in [1.807, 2.05) is 25.1 Å². The van der Waals surface area contributed by atoms with E-state index in [0.717, 1.165) is 29.8 Å². The smallest absolute Gasteiger partial charge is 0.253 e. The molecule has 0 saturated heterocycles. The van der Waals surface area contributed by atoms with Gasteiger partial charge in [-0.3, -0.25) is 4.79 Å². The van der Waals surface area contributed by atoms with Crippen molar-refractivity contribution in [2.45, 2.75) is 38.9 Å². The first-order valence-corrected chi connectivity index (χ1v) is 8.30. The molecule has 4 heteroatoms. The lowest BCUT2D eigenvalue weighted by molar-refractivity contribution is 0.0951. The Morgan fingerprint density at radius 1 is 1.35 bits per heavy atom. The maximum absolute atomic E-state index is 12.3. The topological polar surface area (TPSA) is 41.1 Å². The van der Waals surface area contributed by atoms with Crippen LogP contribution in [0.3, 0.4) is 0 Å². The van der Waals surface area contributed by atoms with Gasteiger partial charge in [-0.2, -0.15) is 11.8 Å². The van der Waals surface area contributed by atoms with E-state index >= 15 is 0 Å². The monoisotopic (exact) mass is 294 g/mol. The predicted octanol–water partition coefficient (Wildman–Crippen LogP) is 3.69. The van der Waals surface area contributed by atoms with Crippen LogP contribution in [0.15, 0.2) is 18.2 Å². The van der Waals surface area contributed by atoms with Gasteiger partial charge >= 0.3 is 0 Å². The minimum Gasteiger partial charge on any atom is -0.384 e. The SMILES string of the molecule is CCCNc1cc(C)ccc1C(=O)NCC(C)(C)SC. The fourth-order valence-corrected chi connectivity index (χ4v) is 1.94. The lowest BCUT2D eigenvalue weighted by Crippen LogP contribution is -2.36. The fourth-order valence-electron chi connectivity index (χ4n) is 1.72. The Morgan fingerprint density at radius 3 is 2.65 bits per heavy atom. The molecule has 0 aliphatic carbocycles. The summed E-state index contributed by atoms with van der Waals surface area (Å²) in [7, 11) is 0. The summed E-state index contributed by atoms with van der Waals surface area (Å²) in [4.78, 5) is 12.3. The lowest BCUT2D eigenvalue weighted by Gasteiger charge is -2.22. The third-order valence-electron chi connectivity index (χ3n) is 3.21. The molecule has 2 N–H and O–H groups in total. The number of amides is 1. The first kappa shape index (κ1) is 16.9. The third kappa shape index (κ3) is 5.08. The van der Waals surface area contributed by atoms with Crippen LogP contribution in [-0.2, 0) is 0 Å². The molecule has 0 aliphatic heterocycles. The average Bonchev–Trinajstić information content (AvgIpc) is 2.42. The minimum absolute atomic E-state index is 0.00859. The van der Waals surface area contributed by atoms with Gasteiger partial charge in [0.1, 0.15) is 0 Å². The molecule has 0 atom stereocenters. The number of rotatable bonds is 7. The van der Waals surface area contributed by atoms with E-state index in [0.29, 0.717) is 6.54 Å². The van der Waals surface area contributed by atoms with Crippen molar-refractivity contribution < 1.29 is 4.79 Å². The number of thioether (sulfide) groups is 1. The molecular weight excluding hydrogens is 268 g/mol. The van der Waals surface area contributed by atoms with Crippen molar-refractivity contribution in [1.29, 1.82) is 0 Å². The molecule has 0 spiro atoms. The average molecular weight is 294 g/mol. The Bertz CT molecular complexity index is 458. The Hall–Kier alpha value is -1.16. The standard InChI is InChI=1S/C16H26N2OS/c1-6-9-17-14-10-12(2)7-8-13(14)15(19)18-11-16(3,4)20-5/h7-8,10,17H,6,9,11H2,1-5H3,(H,18,19).